The topological polar surface area (TPSA) is 53.0 Å². The van der Waals surface area contributed by atoms with Gasteiger partial charge in [-0.1, -0.05) is 12.1 Å². The number of hydrogen-bond acceptors (Lipinski definition) is 4. The highest BCUT2D eigenvalue weighted by Gasteiger charge is 2.32. The van der Waals surface area contributed by atoms with E-state index in [1.165, 1.54) is 12.8 Å². The molecule has 1 amide bonds. The zero-order valence-electron chi connectivity index (χ0n) is 14.2. The van der Waals surface area contributed by atoms with E-state index < -0.39 is 0 Å². The van der Waals surface area contributed by atoms with Crippen LogP contribution in [-0.2, 0) is 11.2 Å². The molecule has 1 unspecified atom stereocenters. The number of β-amino-alcohol motifs (C(OH)–C–C–N with tert-alkyl or cyclic N) is 1. The number of halogens is 1. The first-order valence-electron chi connectivity index (χ1n) is 8.47. The minimum absolute atomic E-state index is 0. The molecule has 1 aromatic rings. The Kier molecular flexibility index (Phi) is 6.90. The normalized spacial score (nSPS) is 19.5. The third kappa shape index (κ3) is 5.10. The van der Waals surface area contributed by atoms with Crippen LogP contribution in [0.1, 0.15) is 18.4 Å². The Morgan fingerprint density at radius 2 is 2.00 bits per heavy atom. The molecule has 1 aliphatic carbocycles. The van der Waals surface area contributed by atoms with Crippen LogP contribution in [0.2, 0.25) is 0 Å². The monoisotopic (exact) mass is 354 g/mol. The first kappa shape index (κ1) is 19.0. The van der Waals surface area contributed by atoms with Gasteiger partial charge >= 0.3 is 0 Å². The SMILES string of the molecule is COc1cccc(CC(=O)N2CCN(CC(O)C3CC3)CC2)c1.Cl. The summed E-state index contributed by atoms with van der Waals surface area (Å²) in [6.45, 7) is 3.96. The van der Waals surface area contributed by atoms with Crippen molar-refractivity contribution >= 4 is 18.3 Å². The van der Waals surface area contributed by atoms with Gasteiger partial charge in [0.2, 0.25) is 5.91 Å². The maximum atomic E-state index is 12.4. The highest BCUT2D eigenvalue weighted by molar-refractivity contribution is 5.85. The molecule has 1 aliphatic heterocycles. The largest absolute Gasteiger partial charge is 0.497 e. The van der Waals surface area contributed by atoms with Crippen LogP contribution in [0.3, 0.4) is 0 Å². The van der Waals surface area contributed by atoms with E-state index >= 15 is 0 Å². The first-order valence-corrected chi connectivity index (χ1v) is 8.47. The van der Waals surface area contributed by atoms with Gasteiger partial charge in [-0.05, 0) is 36.5 Å². The summed E-state index contributed by atoms with van der Waals surface area (Å²) in [4.78, 5) is 16.6. The fourth-order valence-corrected chi connectivity index (χ4v) is 3.14. The van der Waals surface area contributed by atoms with E-state index in [-0.39, 0.29) is 24.4 Å². The Balaban J connectivity index is 0.00000208. The Morgan fingerprint density at radius 3 is 2.62 bits per heavy atom. The molecule has 1 aromatic carbocycles. The van der Waals surface area contributed by atoms with Crippen molar-refractivity contribution in [1.29, 1.82) is 0 Å². The summed E-state index contributed by atoms with van der Waals surface area (Å²) in [6.07, 6.45) is 2.57. The van der Waals surface area contributed by atoms with Crippen molar-refractivity contribution in [3.8, 4) is 5.75 Å². The maximum Gasteiger partial charge on any atom is 0.227 e. The molecule has 24 heavy (non-hydrogen) atoms. The summed E-state index contributed by atoms with van der Waals surface area (Å²) in [5.74, 6) is 1.47. The fraction of sp³-hybridized carbons (Fsp3) is 0.611. The Hall–Kier alpha value is -1.30. The van der Waals surface area contributed by atoms with Crippen molar-refractivity contribution < 1.29 is 14.6 Å². The molecule has 6 heteroatoms. The van der Waals surface area contributed by atoms with Crippen LogP contribution < -0.4 is 4.74 Å². The van der Waals surface area contributed by atoms with Gasteiger partial charge in [0, 0.05) is 32.7 Å². The molecule has 1 saturated carbocycles. The molecule has 5 nitrogen and oxygen atoms in total. The second-order valence-corrected chi connectivity index (χ2v) is 6.61. The molecule has 3 rings (SSSR count). The molecule has 1 heterocycles. The minimum atomic E-state index is -0.186. The lowest BCUT2D eigenvalue weighted by molar-refractivity contribution is -0.132. The first-order chi connectivity index (χ1) is 11.2. The van der Waals surface area contributed by atoms with E-state index in [4.69, 9.17) is 4.74 Å². The van der Waals surface area contributed by atoms with Gasteiger partial charge in [-0.15, -0.1) is 12.4 Å². The van der Waals surface area contributed by atoms with Crippen LogP contribution >= 0.6 is 12.4 Å². The number of ether oxygens (including phenoxy) is 1. The smallest absolute Gasteiger partial charge is 0.227 e. The summed E-state index contributed by atoms with van der Waals surface area (Å²) in [6, 6.07) is 7.68. The van der Waals surface area contributed by atoms with Gasteiger partial charge in [-0.2, -0.15) is 0 Å². The third-order valence-corrected chi connectivity index (χ3v) is 4.83. The lowest BCUT2D eigenvalue weighted by Crippen LogP contribution is -2.51. The maximum absolute atomic E-state index is 12.4. The predicted octanol–water partition coefficient (Wildman–Crippen LogP) is 1.57. The number of benzene rings is 1. The summed E-state index contributed by atoms with van der Waals surface area (Å²) < 4.78 is 5.20. The predicted molar refractivity (Wildman–Crippen MR) is 95.7 cm³/mol. The van der Waals surface area contributed by atoms with E-state index in [1.807, 2.05) is 29.2 Å². The van der Waals surface area contributed by atoms with Crippen LogP contribution in [0.5, 0.6) is 5.75 Å². The number of carbonyl (C=O) groups excluding carboxylic acids is 1. The molecule has 0 spiro atoms. The van der Waals surface area contributed by atoms with E-state index in [1.54, 1.807) is 7.11 Å². The van der Waals surface area contributed by atoms with Crippen molar-refractivity contribution in [2.75, 3.05) is 39.8 Å². The second kappa shape index (κ2) is 8.70. The summed E-state index contributed by atoms with van der Waals surface area (Å²) in [5, 5.41) is 10.0. The summed E-state index contributed by atoms with van der Waals surface area (Å²) in [7, 11) is 1.64. The number of aliphatic hydroxyl groups excluding tert-OH is 1. The Morgan fingerprint density at radius 1 is 1.29 bits per heavy atom. The standard InChI is InChI=1S/C18H26N2O3.ClH/c1-23-16-4-2-3-14(11-16)12-18(22)20-9-7-19(8-10-20)13-17(21)15-5-6-15;/h2-4,11,15,17,21H,5-10,12-13H2,1H3;1H. The van der Waals surface area contributed by atoms with Crippen molar-refractivity contribution in [3.63, 3.8) is 0 Å². The average molecular weight is 355 g/mol. The molecule has 2 aliphatic rings. The molecule has 0 radical (unpaired) electrons. The van der Waals surface area contributed by atoms with Gasteiger partial charge in [0.05, 0.1) is 19.6 Å². The van der Waals surface area contributed by atoms with E-state index in [0.717, 1.165) is 44.0 Å². The number of rotatable bonds is 6. The summed E-state index contributed by atoms with van der Waals surface area (Å²) >= 11 is 0. The molecular formula is C18H27ClN2O3. The van der Waals surface area contributed by atoms with Crippen molar-refractivity contribution in [2.45, 2.75) is 25.4 Å². The lowest BCUT2D eigenvalue weighted by atomic mass is 10.1. The number of piperazine rings is 1. The van der Waals surface area contributed by atoms with Gasteiger partial charge in [-0.25, -0.2) is 0 Å². The van der Waals surface area contributed by atoms with Crippen LogP contribution in [0, 0.1) is 5.92 Å². The van der Waals surface area contributed by atoms with Crippen LogP contribution in [-0.4, -0.2) is 66.8 Å². The molecule has 0 aromatic heterocycles. The second-order valence-electron chi connectivity index (χ2n) is 6.61. The highest BCUT2D eigenvalue weighted by atomic mass is 35.5. The molecule has 1 saturated heterocycles. The van der Waals surface area contributed by atoms with E-state index in [2.05, 4.69) is 4.90 Å². The fourth-order valence-electron chi connectivity index (χ4n) is 3.14. The number of aliphatic hydroxyl groups is 1. The van der Waals surface area contributed by atoms with Crippen LogP contribution in [0.15, 0.2) is 24.3 Å². The van der Waals surface area contributed by atoms with Crippen molar-refractivity contribution in [1.82, 2.24) is 9.80 Å². The average Bonchev–Trinajstić information content (AvgIpc) is 3.40. The molecule has 0 bridgehead atoms. The Labute approximate surface area is 150 Å². The number of carbonyl (C=O) groups is 1. The van der Waals surface area contributed by atoms with Crippen molar-refractivity contribution in [3.05, 3.63) is 29.8 Å². The molecule has 2 fully saturated rings. The highest BCUT2D eigenvalue weighted by Crippen LogP contribution is 2.32. The molecule has 1 atom stereocenters. The van der Waals surface area contributed by atoms with Gasteiger partial charge in [0.15, 0.2) is 0 Å². The zero-order chi connectivity index (χ0) is 16.2. The third-order valence-electron chi connectivity index (χ3n) is 4.83. The Bertz CT molecular complexity index is 543. The number of hydrogen-bond donors (Lipinski definition) is 1. The van der Waals surface area contributed by atoms with Crippen LogP contribution in [0.25, 0.3) is 0 Å². The lowest BCUT2D eigenvalue weighted by Gasteiger charge is -2.35. The van der Waals surface area contributed by atoms with Gasteiger partial charge < -0.3 is 14.7 Å². The summed E-state index contributed by atoms with van der Waals surface area (Å²) in [5.41, 5.74) is 0.987. The number of nitrogens with zero attached hydrogens (tertiary/aromatic N) is 2. The van der Waals surface area contributed by atoms with E-state index in [9.17, 15) is 9.90 Å². The van der Waals surface area contributed by atoms with E-state index in [0.29, 0.717) is 12.3 Å². The quantitative estimate of drug-likeness (QED) is 0.842. The van der Waals surface area contributed by atoms with Crippen molar-refractivity contribution in [2.24, 2.45) is 5.92 Å². The number of amides is 1. The number of methoxy groups -OCH3 is 1. The molecule has 1 N–H and O–H groups in total. The van der Waals surface area contributed by atoms with Crippen LogP contribution in [0.4, 0.5) is 0 Å². The van der Waals surface area contributed by atoms with Gasteiger partial charge in [-0.3, -0.25) is 9.69 Å². The molecular weight excluding hydrogens is 328 g/mol. The minimum Gasteiger partial charge on any atom is -0.497 e. The zero-order valence-corrected chi connectivity index (χ0v) is 15.0. The van der Waals surface area contributed by atoms with Gasteiger partial charge in [0.1, 0.15) is 5.75 Å². The molecule has 134 valence electrons. The van der Waals surface area contributed by atoms with Gasteiger partial charge in [0.25, 0.3) is 0 Å².